The van der Waals surface area contributed by atoms with Crippen molar-refractivity contribution in [3.8, 4) is 10.6 Å². The lowest BCUT2D eigenvalue weighted by Crippen LogP contribution is -2.26. The summed E-state index contributed by atoms with van der Waals surface area (Å²) in [6.45, 7) is 2.56. The van der Waals surface area contributed by atoms with E-state index in [0.29, 0.717) is 17.9 Å². The Morgan fingerprint density at radius 2 is 1.97 bits per heavy atom. The van der Waals surface area contributed by atoms with Gasteiger partial charge in [0.25, 0.3) is 5.91 Å². The van der Waals surface area contributed by atoms with Gasteiger partial charge in [-0.2, -0.15) is 0 Å². The highest BCUT2D eigenvalue weighted by atomic mass is 32.2. The van der Waals surface area contributed by atoms with E-state index in [0.717, 1.165) is 26.9 Å². The van der Waals surface area contributed by atoms with Gasteiger partial charge in [0.15, 0.2) is 0 Å². The molecule has 0 aliphatic rings. The van der Waals surface area contributed by atoms with Crippen LogP contribution in [-0.2, 0) is 11.2 Å². The molecule has 1 N–H and O–H groups in total. The second-order valence-corrected chi connectivity index (χ2v) is 9.84. The highest BCUT2D eigenvalue weighted by Crippen LogP contribution is 2.29. The number of nitrogens with zero attached hydrogens (tertiary/aromatic N) is 2. The van der Waals surface area contributed by atoms with Gasteiger partial charge in [-0.3, -0.25) is 9.59 Å². The molecule has 3 rings (SSSR count). The molecule has 0 saturated carbocycles. The van der Waals surface area contributed by atoms with Crippen LogP contribution in [0.4, 0.5) is 0 Å². The fraction of sp³-hybridized carbons (Fsp3) is 0.286. The SMILES string of the molecule is Cc1nc(-c2ccc(CCNC(=O)c3ccccc3SCC(=O)N(C)C)s2)cs1. The van der Waals surface area contributed by atoms with E-state index < -0.39 is 0 Å². The summed E-state index contributed by atoms with van der Waals surface area (Å²) in [5.74, 6) is 0.220. The Morgan fingerprint density at radius 1 is 1.17 bits per heavy atom. The van der Waals surface area contributed by atoms with Gasteiger partial charge in [-0.1, -0.05) is 12.1 Å². The van der Waals surface area contributed by atoms with Crippen LogP contribution in [0.5, 0.6) is 0 Å². The zero-order valence-electron chi connectivity index (χ0n) is 16.6. The lowest BCUT2D eigenvalue weighted by Gasteiger charge is -2.12. The van der Waals surface area contributed by atoms with Crippen molar-refractivity contribution in [2.75, 3.05) is 26.4 Å². The van der Waals surface area contributed by atoms with E-state index in [4.69, 9.17) is 0 Å². The molecule has 0 unspecified atom stereocenters. The number of thioether (sulfide) groups is 1. The van der Waals surface area contributed by atoms with E-state index in [2.05, 4.69) is 27.8 Å². The third-order valence-corrected chi connectivity index (χ3v) is 7.17. The Kier molecular flexibility index (Phi) is 7.46. The number of thiophene rings is 1. The van der Waals surface area contributed by atoms with Gasteiger partial charge in [0.05, 0.1) is 26.9 Å². The van der Waals surface area contributed by atoms with Crippen LogP contribution >= 0.6 is 34.4 Å². The van der Waals surface area contributed by atoms with Crippen molar-refractivity contribution in [2.45, 2.75) is 18.2 Å². The Labute approximate surface area is 183 Å². The molecule has 0 spiro atoms. The maximum atomic E-state index is 12.6. The Hall–Kier alpha value is -2.16. The molecule has 0 saturated heterocycles. The number of carbonyl (C=O) groups is 2. The van der Waals surface area contributed by atoms with Crippen LogP contribution in [0.1, 0.15) is 20.2 Å². The first-order valence-electron chi connectivity index (χ1n) is 9.15. The average Bonchev–Trinajstić information content (AvgIpc) is 3.35. The molecule has 2 heterocycles. The van der Waals surface area contributed by atoms with Crippen molar-refractivity contribution in [2.24, 2.45) is 0 Å². The normalized spacial score (nSPS) is 10.7. The number of aromatic nitrogens is 1. The molecule has 2 amide bonds. The van der Waals surface area contributed by atoms with Crippen LogP contribution in [0.15, 0.2) is 46.7 Å². The quantitative estimate of drug-likeness (QED) is 0.524. The van der Waals surface area contributed by atoms with Gasteiger partial charge in [0.1, 0.15) is 0 Å². The lowest BCUT2D eigenvalue weighted by molar-refractivity contribution is -0.125. The zero-order valence-corrected chi connectivity index (χ0v) is 19.0. The van der Waals surface area contributed by atoms with Crippen LogP contribution in [0, 0.1) is 6.92 Å². The number of hydrogen-bond donors (Lipinski definition) is 1. The lowest BCUT2D eigenvalue weighted by atomic mass is 10.2. The molecule has 0 aliphatic carbocycles. The monoisotopic (exact) mass is 445 g/mol. The number of aryl methyl sites for hydroxylation is 1. The van der Waals surface area contributed by atoms with Crippen LogP contribution in [0.25, 0.3) is 10.6 Å². The minimum absolute atomic E-state index is 0.0222. The number of carbonyl (C=O) groups excluding carboxylic acids is 2. The number of hydrogen-bond acceptors (Lipinski definition) is 6. The van der Waals surface area contributed by atoms with E-state index >= 15 is 0 Å². The third kappa shape index (κ3) is 5.91. The molecule has 0 fully saturated rings. The van der Waals surface area contributed by atoms with Gasteiger partial charge in [0.2, 0.25) is 5.91 Å². The van der Waals surface area contributed by atoms with E-state index in [-0.39, 0.29) is 11.8 Å². The van der Waals surface area contributed by atoms with Gasteiger partial charge in [0, 0.05) is 35.8 Å². The zero-order chi connectivity index (χ0) is 20.8. The average molecular weight is 446 g/mol. The van der Waals surface area contributed by atoms with E-state index in [1.807, 2.05) is 25.1 Å². The fourth-order valence-electron chi connectivity index (χ4n) is 2.57. The highest BCUT2D eigenvalue weighted by Gasteiger charge is 2.13. The van der Waals surface area contributed by atoms with Crippen LogP contribution < -0.4 is 5.32 Å². The molecule has 0 radical (unpaired) electrons. The first-order chi connectivity index (χ1) is 13.9. The number of rotatable bonds is 8. The van der Waals surface area contributed by atoms with E-state index in [9.17, 15) is 9.59 Å². The summed E-state index contributed by atoms with van der Waals surface area (Å²) in [5.41, 5.74) is 1.62. The molecule has 1 aromatic carbocycles. The van der Waals surface area contributed by atoms with Crippen molar-refractivity contribution >= 4 is 46.2 Å². The van der Waals surface area contributed by atoms with E-state index in [1.54, 1.807) is 47.7 Å². The Balaban J connectivity index is 1.55. The van der Waals surface area contributed by atoms with Crippen molar-refractivity contribution in [3.05, 3.63) is 57.2 Å². The number of nitrogens with one attached hydrogen (secondary N) is 1. The summed E-state index contributed by atoms with van der Waals surface area (Å²) in [7, 11) is 3.46. The molecule has 8 heteroatoms. The first kappa shape index (κ1) is 21.5. The van der Waals surface area contributed by atoms with Crippen LogP contribution in [0.2, 0.25) is 0 Å². The Morgan fingerprint density at radius 3 is 2.69 bits per heavy atom. The summed E-state index contributed by atoms with van der Waals surface area (Å²) in [4.78, 5) is 33.7. The number of benzene rings is 1. The summed E-state index contributed by atoms with van der Waals surface area (Å²) in [5, 5.41) is 6.13. The molecule has 0 aliphatic heterocycles. The maximum absolute atomic E-state index is 12.6. The summed E-state index contributed by atoms with van der Waals surface area (Å²) < 4.78 is 0. The second kappa shape index (κ2) is 10.0. The van der Waals surface area contributed by atoms with Gasteiger partial charge in [-0.25, -0.2) is 4.98 Å². The Bertz CT molecular complexity index is 994. The minimum Gasteiger partial charge on any atom is -0.352 e. The molecule has 29 heavy (non-hydrogen) atoms. The van der Waals surface area contributed by atoms with Gasteiger partial charge in [-0.05, 0) is 37.6 Å². The standard InChI is InChI=1S/C21H23N3O2S3/c1-14-23-17(12-27-14)19-9-8-15(29-19)10-11-22-21(26)16-6-4-5-7-18(16)28-13-20(25)24(2)3/h4-9,12H,10-11,13H2,1-3H3,(H,22,26). The molecular weight excluding hydrogens is 422 g/mol. The van der Waals surface area contributed by atoms with Gasteiger partial charge >= 0.3 is 0 Å². The maximum Gasteiger partial charge on any atom is 0.252 e. The first-order valence-corrected chi connectivity index (χ1v) is 11.8. The number of amides is 2. The third-order valence-electron chi connectivity index (χ3n) is 4.17. The molecule has 2 aromatic heterocycles. The summed E-state index contributed by atoms with van der Waals surface area (Å²) in [6, 6.07) is 11.6. The van der Waals surface area contributed by atoms with Crippen molar-refractivity contribution in [3.63, 3.8) is 0 Å². The predicted molar refractivity (Wildman–Crippen MR) is 122 cm³/mol. The smallest absolute Gasteiger partial charge is 0.252 e. The van der Waals surface area contributed by atoms with Crippen LogP contribution in [0.3, 0.4) is 0 Å². The molecule has 0 bridgehead atoms. The number of thiazole rings is 1. The van der Waals surface area contributed by atoms with Gasteiger partial charge in [-0.15, -0.1) is 34.4 Å². The minimum atomic E-state index is -0.114. The van der Waals surface area contributed by atoms with Crippen molar-refractivity contribution in [1.82, 2.24) is 15.2 Å². The summed E-state index contributed by atoms with van der Waals surface area (Å²) >= 11 is 4.75. The van der Waals surface area contributed by atoms with Crippen molar-refractivity contribution < 1.29 is 9.59 Å². The summed E-state index contributed by atoms with van der Waals surface area (Å²) in [6.07, 6.45) is 0.772. The predicted octanol–water partition coefficient (Wildman–Crippen LogP) is 4.33. The topological polar surface area (TPSA) is 62.3 Å². The fourth-order valence-corrected chi connectivity index (χ4v) is 5.25. The van der Waals surface area contributed by atoms with Crippen LogP contribution in [-0.4, -0.2) is 48.1 Å². The van der Waals surface area contributed by atoms with Crippen molar-refractivity contribution in [1.29, 1.82) is 0 Å². The molecule has 5 nitrogen and oxygen atoms in total. The van der Waals surface area contributed by atoms with E-state index in [1.165, 1.54) is 16.6 Å². The second-order valence-electron chi connectivity index (χ2n) is 6.60. The molecule has 3 aromatic rings. The molecule has 152 valence electrons. The highest BCUT2D eigenvalue weighted by molar-refractivity contribution is 8.00. The van der Waals surface area contributed by atoms with Gasteiger partial charge < -0.3 is 10.2 Å². The largest absolute Gasteiger partial charge is 0.352 e. The molecular formula is C21H23N3O2S3. The molecule has 0 atom stereocenters.